The topological polar surface area (TPSA) is 75.3 Å². The van der Waals surface area contributed by atoms with E-state index < -0.39 is 11.9 Å². The largest absolute Gasteiger partial charge is 0.468 e. The summed E-state index contributed by atoms with van der Waals surface area (Å²) in [6, 6.07) is 11.6. The van der Waals surface area contributed by atoms with Crippen molar-refractivity contribution in [3.05, 3.63) is 64.0 Å². The van der Waals surface area contributed by atoms with Crippen molar-refractivity contribution in [2.45, 2.75) is 31.5 Å². The molecule has 1 aromatic carbocycles. The number of halogens is 1. The van der Waals surface area contributed by atoms with Gasteiger partial charge in [0.25, 0.3) is 0 Å². The van der Waals surface area contributed by atoms with Crippen molar-refractivity contribution in [2.75, 3.05) is 7.11 Å². The van der Waals surface area contributed by atoms with Crippen molar-refractivity contribution >= 4 is 38.6 Å². The molecule has 4 heterocycles. The third-order valence-corrected chi connectivity index (χ3v) is 6.90. The summed E-state index contributed by atoms with van der Waals surface area (Å²) in [6.07, 6.45) is 2.73. The quantitative estimate of drug-likeness (QED) is 0.372. The molecule has 29 heavy (non-hydrogen) atoms. The molecule has 1 saturated heterocycles. The number of fused-ring (bicyclic) bond motifs is 6. The molecule has 0 aliphatic carbocycles. The minimum atomic E-state index is -0.719. The maximum Gasteiger partial charge on any atom is 0.316 e. The first-order valence-electron chi connectivity index (χ1n) is 9.64. The molecule has 2 aromatic heterocycles. The molecule has 3 aromatic rings. The minimum absolute atomic E-state index is 0.0518. The lowest BCUT2D eigenvalue weighted by Crippen LogP contribution is -2.56. The van der Waals surface area contributed by atoms with E-state index >= 15 is 0 Å². The standard InChI is InChI=1S/C22H20BrN3O3/c1-29-22(28)15-10-17-19-14(13-6-2-3-7-16(13)25-19)9-18(20(15)27)26(17)11-12-5-4-8-24-21(12)23/h2-8,15,17-18,25H,9-11H2,1H3/t15?,17-,18?/m0/s1. The molecule has 0 radical (unpaired) electrons. The second-order valence-electron chi connectivity index (χ2n) is 7.64. The fourth-order valence-corrected chi connectivity index (χ4v) is 5.19. The van der Waals surface area contributed by atoms with E-state index in [1.165, 1.54) is 12.7 Å². The van der Waals surface area contributed by atoms with Gasteiger partial charge in [0.2, 0.25) is 0 Å². The molecule has 7 heteroatoms. The number of carbonyl (C=O) groups excluding carboxylic acids is 2. The zero-order valence-electron chi connectivity index (χ0n) is 15.9. The molecular weight excluding hydrogens is 434 g/mol. The van der Waals surface area contributed by atoms with Gasteiger partial charge in [0, 0.05) is 29.3 Å². The molecule has 2 unspecified atom stereocenters. The number of aromatic nitrogens is 2. The van der Waals surface area contributed by atoms with Gasteiger partial charge in [-0.25, -0.2) is 4.98 Å². The van der Waals surface area contributed by atoms with Crippen molar-refractivity contribution in [2.24, 2.45) is 5.92 Å². The summed E-state index contributed by atoms with van der Waals surface area (Å²) in [5.74, 6) is -1.21. The average Bonchev–Trinajstić information content (AvgIpc) is 3.10. The van der Waals surface area contributed by atoms with Gasteiger partial charge < -0.3 is 9.72 Å². The number of piperidine rings is 1. The molecule has 148 valence electrons. The SMILES string of the molecule is COC(=O)C1C[C@H]2c3[nH]c4ccccc4c3CC(C1=O)N2Cc1cccnc1Br. The molecule has 2 aliphatic heterocycles. The van der Waals surface area contributed by atoms with Gasteiger partial charge in [-0.15, -0.1) is 0 Å². The Hall–Kier alpha value is -2.51. The van der Waals surface area contributed by atoms with Crippen LogP contribution in [0.5, 0.6) is 0 Å². The van der Waals surface area contributed by atoms with Gasteiger partial charge in [-0.1, -0.05) is 24.3 Å². The Bertz CT molecular complexity index is 1130. The molecule has 1 N–H and O–H groups in total. The number of nitrogens with zero attached hydrogens (tertiary/aromatic N) is 2. The number of hydrogen-bond acceptors (Lipinski definition) is 5. The first kappa shape index (κ1) is 18.5. The Kier molecular flexibility index (Phi) is 4.52. The third kappa shape index (κ3) is 2.91. The molecule has 2 bridgehead atoms. The van der Waals surface area contributed by atoms with Crippen molar-refractivity contribution in [1.82, 2.24) is 14.9 Å². The van der Waals surface area contributed by atoms with Gasteiger partial charge in [0.15, 0.2) is 5.78 Å². The number of carbonyl (C=O) groups is 2. The number of ketones is 1. The lowest BCUT2D eigenvalue weighted by atomic mass is 9.76. The summed E-state index contributed by atoms with van der Waals surface area (Å²) in [5.41, 5.74) is 4.37. The summed E-state index contributed by atoms with van der Waals surface area (Å²) < 4.78 is 5.71. The Balaban J connectivity index is 1.62. The van der Waals surface area contributed by atoms with Crippen LogP contribution >= 0.6 is 15.9 Å². The molecule has 0 amide bonds. The number of Topliss-reactive ketones (excluding diaryl/α,β-unsaturated/α-hetero) is 1. The van der Waals surface area contributed by atoms with Gasteiger partial charge in [-0.05, 0) is 52.0 Å². The van der Waals surface area contributed by atoms with Crippen LogP contribution in [-0.2, 0) is 27.3 Å². The number of nitrogens with one attached hydrogen (secondary N) is 1. The number of benzene rings is 1. The molecule has 0 saturated carbocycles. The predicted molar refractivity (Wildman–Crippen MR) is 111 cm³/mol. The molecule has 2 aliphatic rings. The Morgan fingerprint density at radius 3 is 2.90 bits per heavy atom. The van der Waals surface area contributed by atoms with Gasteiger partial charge in [0.1, 0.15) is 10.5 Å². The molecule has 5 rings (SSSR count). The summed E-state index contributed by atoms with van der Waals surface area (Å²) in [7, 11) is 1.35. The van der Waals surface area contributed by atoms with E-state index in [9.17, 15) is 9.59 Å². The second kappa shape index (κ2) is 7.07. The molecule has 1 fully saturated rings. The van der Waals surface area contributed by atoms with Crippen molar-refractivity contribution in [3.8, 4) is 0 Å². The third-order valence-electron chi connectivity index (χ3n) is 6.18. The normalized spacial score (nSPS) is 23.8. The van der Waals surface area contributed by atoms with Gasteiger partial charge in [0.05, 0.1) is 19.2 Å². The summed E-state index contributed by atoms with van der Waals surface area (Å²) in [5, 5.41) is 1.16. The Morgan fingerprint density at radius 1 is 1.28 bits per heavy atom. The zero-order chi connectivity index (χ0) is 20.1. The Labute approximate surface area is 176 Å². The van der Waals surface area contributed by atoms with E-state index in [1.807, 2.05) is 24.3 Å². The van der Waals surface area contributed by atoms with Crippen LogP contribution in [0, 0.1) is 5.92 Å². The van der Waals surface area contributed by atoms with Crippen LogP contribution in [0.2, 0.25) is 0 Å². The highest BCUT2D eigenvalue weighted by molar-refractivity contribution is 9.10. The van der Waals surface area contributed by atoms with Gasteiger partial charge >= 0.3 is 5.97 Å². The van der Waals surface area contributed by atoms with Crippen LogP contribution in [0.3, 0.4) is 0 Å². The van der Waals surface area contributed by atoms with Gasteiger partial charge in [-0.3, -0.25) is 14.5 Å². The van der Waals surface area contributed by atoms with E-state index in [0.717, 1.165) is 26.8 Å². The number of para-hydroxylation sites is 1. The van der Waals surface area contributed by atoms with E-state index in [2.05, 4.69) is 42.9 Å². The monoisotopic (exact) mass is 453 g/mol. The fraction of sp³-hybridized carbons (Fsp3) is 0.318. The number of methoxy groups -OCH3 is 1. The maximum atomic E-state index is 13.3. The summed E-state index contributed by atoms with van der Waals surface area (Å²) in [6.45, 7) is 0.582. The first-order chi connectivity index (χ1) is 14.1. The fourth-order valence-electron chi connectivity index (χ4n) is 4.82. The van der Waals surface area contributed by atoms with E-state index in [0.29, 0.717) is 19.4 Å². The van der Waals surface area contributed by atoms with Crippen molar-refractivity contribution < 1.29 is 14.3 Å². The van der Waals surface area contributed by atoms with Crippen LogP contribution in [0.4, 0.5) is 0 Å². The predicted octanol–water partition coefficient (Wildman–Crippen LogP) is 3.56. The molecular formula is C22H20BrN3O3. The number of esters is 1. The highest BCUT2D eigenvalue weighted by atomic mass is 79.9. The highest BCUT2D eigenvalue weighted by Crippen LogP contribution is 2.45. The van der Waals surface area contributed by atoms with Gasteiger partial charge in [-0.2, -0.15) is 0 Å². The van der Waals surface area contributed by atoms with Crippen LogP contribution in [0.25, 0.3) is 10.9 Å². The summed E-state index contributed by atoms with van der Waals surface area (Å²) in [4.78, 5) is 35.7. The summed E-state index contributed by atoms with van der Waals surface area (Å²) >= 11 is 3.52. The van der Waals surface area contributed by atoms with Crippen LogP contribution in [0.1, 0.15) is 29.3 Å². The highest BCUT2D eigenvalue weighted by Gasteiger charge is 2.50. The molecule has 3 atom stereocenters. The number of aromatic amines is 1. The maximum absolute atomic E-state index is 13.3. The average molecular weight is 454 g/mol. The molecule has 0 spiro atoms. The number of pyridine rings is 1. The van der Waals surface area contributed by atoms with E-state index in [4.69, 9.17) is 4.74 Å². The number of H-pyrrole nitrogens is 1. The lowest BCUT2D eigenvalue weighted by Gasteiger charge is -2.46. The molecule has 6 nitrogen and oxygen atoms in total. The lowest BCUT2D eigenvalue weighted by molar-refractivity contribution is -0.156. The smallest absolute Gasteiger partial charge is 0.316 e. The minimum Gasteiger partial charge on any atom is -0.468 e. The van der Waals surface area contributed by atoms with Crippen LogP contribution in [0.15, 0.2) is 47.2 Å². The number of ether oxygens (including phenoxy) is 1. The number of rotatable bonds is 3. The van der Waals surface area contributed by atoms with E-state index in [-0.39, 0.29) is 17.9 Å². The zero-order valence-corrected chi connectivity index (χ0v) is 17.5. The van der Waals surface area contributed by atoms with E-state index in [1.54, 1.807) is 6.20 Å². The Morgan fingerprint density at radius 2 is 2.10 bits per heavy atom. The van der Waals surface area contributed by atoms with Crippen molar-refractivity contribution in [3.63, 3.8) is 0 Å². The number of hydrogen-bond donors (Lipinski definition) is 1. The van der Waals surface area contributed by atoms with Crippen molar-refractivity contribution in [1.29, 1.82) is 0 Å². The second-order valence-corrected chi connectivity index (χ2v) is 8.39. The van der Waals surface area contributed by atoms with Crippen LogP contribution < -0.4 is 0 Å². The van der Waals surface area contributed by atoms with Crippen LogP contribution in [-0.4, -0.2) is 39.8 Å². The first-order valence-corrected chi connectivity index (χ1v) is 10.4.